The van der Waals surface area contributed by atoms with Crippen LogP contribution in [0.25, 0.3) is 10.9 Å². The number of nitrogens with zero attached hydrogens (tertiary/aromatic N) is 6. The highest BCUT2D eigenvalue weighted by atomic mass is 19.1. The van der Waals surface area contributed by atoms with E-state index in [1.54, 1.807) is 17.8 Å². The zero-order chi connectivity index (χ0) is 28.3. The normalized spacial score (nSPS) is 16.9. The maximum absolute atomic E-state index is 15.1. The minimum absolute atomic E-state index is 0.0236. The van der Waals surface area contributed by atoms with Gasteiger partial charge in [0, 0.05) is 35.8 Å². The fourth-order valence-electron chi connectivity index (χ4n) is 6.01. The number of rotatable bonds is 11. The zero-order valence-corrected chi connectivity index (χ0v) is 23.7. The Hall–Kier alpha value is -3.33. The second kappa shape index (κ2) is 12.0. The number of aromatic nitrogens is 5. The SMILES string of the molecule is CC(C)CCN(CC1CCCCC1)c1ccc2c(cnn2[C@H](C)[C@](O)(Cn2cncn2)c2ccc(F)cc2F)c1. The number of hydrogen-bond acceptors (Lipinski definition) is 5. The van der Waals surface area contributed by atoms with Crippen LogP contribution in [0.4, 0.5) is 14.5 Å². The molecule has 0 unspecified atom stereocenters. The third-order valence-corrected chi connectivity index (χ3v) is 8.45. The van der Waals surface area contributed by atoms with Crippen molar-refractivity contribution in [2.24, 2.45) is 11.8 Å². The summed E-state index contributed by atoms with van der Waals surface area (Å²) in [5.74, 6) is -0.187. The molecule has 1 aliphatic carbocycles. The number of anilines is 1. The molecular weight excluding hydrogens is 510 g/mol. The number of halogens is 2. The Morgan fingerprint density at radius 3 is 2.55 bits per heavy atom. The van der Waals surface area contributed by atoms with E-state index in [2.05, 4.69) is 46.1 Å². The summed E-state index contributed by atoms with van der Waals surface area (Å²) in [6.45, 7) is 8.30. The summed E-state index contributed by atoms with van der Waals surface area (Å²) in [6, 6.07) is 8.87. The molecular formula is C31H40F2N6O. The van der Waals surface area contributed by atoms with Crippen LogP contribution in [0.1, 0.15) is 70.9 Å². The van der Waals surface area contributed by atoms with Crippen LogP contribution in [-0.2, 0) is 12.1 Å². The maximum atomic E-state index is 15.1. The van der Waals surface area contributed by atoms with Gasteiger partial charge in [-0.15, -0.1) is 0 Å². The van der Waals surface area contributed by atoms with Crippen molar-refractivity contribution in [2.45, 2.75) is 77.5 Å². The fourth-order valence-corrected chi connectivity index (χ4v) is 6.01. The third-order valence-electron chi connectivity index (χ3n) is 8.45. The summed E-state index contributed by atoms with van der Waals surface area (Å²) in [4.78, 5) is 6.48. The van der Waals surface area contributed by atoms with Crippen molar-refractivity contribution >= 4 is 16.6 Å². The van der Waals surface area contributed by atoms with Crippen molar-refractivity contribution in [3.63, 3.8) is 0 Å². The van der Waals surface area contributed by atoms with E-state index < -0.39 is 23.3 Å². The largest absolute Gasteiger partial charge is 0.381 e. The zero-order valence-electron chi connectivity index (χ0n) is 23.7. The molecule has 1 N–H and O–H groups in total. The topological polar surface area (TPSA) is 72.0 Å². The molecule has 9 heteroatoms. The lowest BCUT2D eigenvalue weighted by atomic mass is 9.86. The third kappa shape index (κ3) is 6.04. The Labute approximate surface area is 234 Å². The Bertz CT molecular complexity index is 1400. The Kier molecular flexibility index (Phi) is 8.49. The number of benzene rings is 2. The minimum Gasteiger partial charge on any atom is -0.381 e. The van der Waals surface area contributed by atoms with Gasteiger partial charge in [0.1, 0.15) is 29.9 Å². The number of fused-ring (bicyclic) bond motifs is 1. The lowest BCUT2D eigenvalue weighted by Crippen LogP contribution is -2.41. The molecule has 5 rings (SSSR count). The van der Waals surface area contributed by atoms with Gasteiger partial charge in [-0.3, -0.25) is 4.68 Å². The average molecular weight is 551 g/mol. The second-order valence-corrected chi connectivity index (χ2v) is 11.8. The highest BCUT2D eigenvalue weighted by Crippen LogP contribution is 2.38. The van der Waals surface area contributed by atoms with E-state index in [4.69, 9.17) is 0 Å². The molecule has 1 saturated carbocycles. The molecule has 7 nitrogen and oxygen atoms in total. The predicted molar refractivity (Wildman–Crippen MR) is 153 cm³/mol. The summed E-state index contributed by atoms with van der Waals surface area (Å²) < 4.78 is 32.0. The Morgan fingerprint density at radius 1 is 1.05 bits per heavy atom. The van der Waals surface area contributed by atoms with Crippen molar-refractivity contribution in [1.29, 1.82) is 0 Å². The fraction of sp³-hybridized carbons (Fsp3) is 0.516. The van der Waals surface area contributed by atoms with Crippen molar-refractivity contribution < 1.29 is 13.9 Å². The van der Waals surface area contributed by atoms with Crippen LogP contribution in [-0.4, -0.2) is 42.7 Å². The van der Waals surface area contributed by atoms with Crippen LogP contribution >= 0.6 is 0 Å². The molecule has 2 aromatic heterocycles. The monoisotopic (exact) mass is 550 g/mol. The Morgan fingerprint density at radius 2 is 1.85 bits per heavy atom. The van der Waals surface area contributed by atoms with Gasteiger partial charge in [-0.2, -0.15) is 10.2 Å². The van der Waals surface area contributed by atoms with Gasteiger partial charge in [0.2, 0.25) is 0 Å². The van der Waals surface area contributed by atoms with Crippen molar-refractivity contribution in [3.05, 3.63) is 72.4 Å². The average Bonchev–Trinajstić information content (AvgIpc) is 3.60. The molecule has 0 spiro atoms. The molecule has 214 valence electrons. The molecule has 0 radical (unpaired) electrons. The molecule has 4 aromatic rings. The molecule has 2 atom stereocenters. The molecule has 40 heavy (non-hydrogen) atoms. The summed E-state index contributed by atoms with van der Waals surface area (Å²) in [5.41, 5.74) is 0.197. The lowest BCUT2D eigenvalue weighted by Gasteiger charge is -2.35. The van der Waals surface area contributed by atoms with Crippen molar-refractivity contribution in [2.75, 3.05) is 18.0 Å². The maximum Gasteiger partial charge on any atom is 0.137 e. The summed E-state index contributed by atoms with van der Waals surface area (Å²) in [5, 5.41) is 21.8. The van der Waals surface area contributed by atoms with Crippen LogP contribution in [0.15, 0.2) is 55.2 Å². The van der Waals surface area contributed by atoms with Crippen LogP contribution < -0.4 is 4.90 Å². The highest BCUT2D eigenvalue weighted by Gasteiger charge is 2.41. The quantitative estimate of drug-likeness (QED) is 0.231. The van der Waals surface area contributed by atoms with Gasteiger partial charge in [0.25, 0.3) is 0 Å². The van der Waals surface area contributed by atoms with Gasteiger partial charge < -0.3 is 10.0 Å². The molecule has 0 aliphatic heterocycles. The Balaban J connectivity index is 1.48. The van der Waals surface area contributed by atoms with Gasteiger partial charge in [-0.05, 0) is 62.3 Å². The number of aliphatic hydroxyl groups is 1. The molecule has 0 amide bonds. The first-order valence-corrected chi connectivity index (χ1v) is 14.5. The van der Waals surface area contributed by atoms with Gasteiger partial charge in [0.05, 0.1) is 24.3 Å². The predicted octanol–water partition coefficient (Wildman–Crippen LogP) is 6.49. The van der Waals surface area contributed by atoms with Crippen molar-refractivity contribution in [1.82, 2.24) is 24.5 Å². The van der Waals surface area contributed by atoms with Crippen LogP contribution in [0, 0.1) is 23.5 Å². The van der Waals surface area contributed by atoms with E-state index in [0.717, 1.165) is 48.5 Å². The van der Waals surface area contributed by atoms with Gasteiger partial charge in [-0.25, -0.2) is 18.4 Å². The smallest absolute Gasteiger partial charge is 0.137 e. The number of hydrogen-bond donors (Lipinski definition) is 1. The van der Waals surface area contributed by atoms with Gasteiger partial charge in [0.15, 0.2) is 0 Å². The van der Waals surface area contributed by atoms with Gasteiger partial charge >= 0.3 is 0 Å². The van der Waals surface area contributed by atoms with Crippen LogP contribution in [0.5, 0.6) is 0 Å². The summed E-state index contributed by atoms with van der Waals surface area (Å²) in [6.07, 6.45) is 12.3. The highest BCUT2D eigenvalue weighted by molar-refractivity contribution is 5.83. The molecule has 2 aromatic carbocycles. The molecule has 1 fully saturated rings. The summed E-state index contributed by atoms with van der Waals surface area (Å²) in [7, 11) is 0. The van der Waals surface area contributed by atoms with E-state index in [0.29, 0.717) is 5.92 Å². The molecule has 2 heterocycles. The van der Waals surface area contributed by atoms with Crippen LogP contribution in [0.3, 0.4) is 0 Å². The van der Waals surface area contributed by atoms with E-state index in [1.807, 2.05) is 6.07 Å². The first kappa shape index (κ1) is 28.2. The summed E-state index contributed by atoms with van der Waals surface area (Å²) >= 11 is 0. The first-order valence-electron chi connectivity index (χ1n) is 14.5. The van der Waals surface area contributed by atoms with E-state index >= 15 is 4.39 Å². The molecule has 0 saturated heterocycles. The minimum atomic E-state index is -1.78. The van der Waals surface area contributed by atoms with E-state index in [1.165, 1.54) is 61.2 Å². The van der Waals surface area contributed by atoms with Crippen molar-refractivity contribution in [3.8, 4) is 0 Å². The standard InChI is InChI=1S/C31H40F2N6O/c1-22(2)13-14-37(18-24-7-5-4-6-8-24)27-10-12-30-25(15-27)17-35-39(30)23(3)31(40,19-38-21-34-20-36-38)28-11-9-26(32)16-29(28)33/h9-12,15-17,20-24,40H,4-8,13-14,18-19H2,1-3H3/t23-,31-/m1/s1. The van der Waals surface area contributed by atoms with E-state index in [-0.39, 0.29) is 12.1 Å². The molecule has 0 bridgehead atoms. The van der Waals surface area contributed by atoms with E-state index in [9.17, 15) is 9.50 Å². The first-order chi connectivity index (χ1) is 19.2. The second-order valence-electron chi connectivity index (χ2n) is 11.8. The van der Waals surface area contributed by atoms with Gasteiger partial charge in [-0.1, -0.05) is 39.2 Å². The van der Waals surface area contributed by atoms with Crippen LogP contribution in [0.2, 0.25) is 0 Å². The lowest BCUT2D eigenvalue weighted by molar-refractivity contribution is -0.0354. The molecule has 1 aliphatic rings.